The van der Waals surface area contributed by atoms with Crippen LogP contribution in [-0.4, -0.2) is 25.7 Å². The second kappa shape index (κ2) is 10.4. The first-order valence-corrected chi connectivity index (χ1v) is 7.46. The molecule has 0 bridgehead atoms. The maximum absolute atomic E-state index is 11.9. The van der Waals surface area contributed by atoms with Gasteiger partial charge in [0.2, 0.25) is 0 Å². The lowest BCUT2D eigenvalue weighted by Crippen LogP contribution is -2.27. The summed E-state index contributed by atoms with van der Waals surface area (Å²) >= 11 is 0. The third-order valence-electron chi connectivity index (χ3n) is 3.10. The van der Waals surface area contributed by atoms with Crippen LogP contribution in [-0.2, 0) is 9.53 Å². The molecule has 1 unspecified atom stereocenters. The number of nitrogens with one attached hydrogen (secondary N) is 2. The lowest BCUT2D eigenvalue weighted by Gasteiger charge is -2.12. The van der Waals surface area contributed by atoms with E-state index in [1.165, 1.54) is 6.20 Å². The highest BCUT2D eigenvalue weighted by molar-refractivity contribution is 5.97. The number of ether oxygens (including phenoxy) is 1. The number of hydrogen-bond acceptors (Lipinski definition) is 4. The molecule has 0 aromatic heterocycles. The van der Waals surface area contributed by atoms with Gasteiger partial charge in [0.15, 0.2) is 0 Å². The molecule has 5 heteroatoms. The van der Waals surface area contributed by atoms with E-state index in [0.29, 0.717) is 19.8 Å². The van der Waals surface area contributed by atoms with Crippen LogP contribution in [0.5, 0.6) is 0 Å². The summed E-state index contributed by atoms with van der Waals surface area (Å²) in [6, 6.07) is 11.8. The number of nitriles is 1. The van der Waals surface area contributed by atoms with Gasteiger partial charge in [0.25, 0.3) is 5.91 Å². The van der Waals surface area contributed by atoms with Crippen molar-refractivity contribution >= 4 is 5.91 Å². The average molecular weight is 301 g/mol. The average Bonchev–Trinajstić information content (AvgIpc) is 2.55. The monoisotopic (exact) mass is 301 g/mol. The molecule has 1 amide bonds. The van der Waals surface area contributed by atoms with Crippen LogP contribution >= 0.6 is 0 Å². The number of carbonyl (C=O) groups is 1. The summed E-state index contributed by atoms with van der Waals surface area (Å²) < 4.78 is 5.19. The summed E-state index contributed by atoms with van der Waals surface area (Å²) in [6.45, 7) is 5.66. The van der Waals surface area contributed by atoms with Gasteiger partial charge in [-0.2, -0.15) is 5.26 Å². The number of amides is 1. The zero-order chi connectivity index (χ0) is 16.2. The Morgan fingerprint density at radius 1 is 1.41 bits per heavy atom. The molecular weight excluding hydrogens is 278 g/mol. The molecule has 0 heterocycles. The molecule has 1 rings (SSSR count). The summed E-state index contributed by atoms with van der Waals surface area (Å²) in [6.07, 6.45) is 2.20. The van der Waals surface area contributed by atoms with E-state index in [1.54, 1.807) is 0 Å². The van der Waals surface area contributed by atoms with Crippen LogP contribution in [0, 0.1) is 11.3 Å². The van der Waals surface area contributed by atoms with Crippen molar-refractivity contribution < 1.29 is 9.53 Å². The molecule has 1 atom stereocenters. The normalized spacial score (nSPS) is 12.3. The van der Waals surface area contributed by atoms with Crippen LogP contribution in [0.15, 0.2) is 42.1 Å². The smallest absolute Gasteiger partial charge is 0.263 e. The first kappa shape index (κ1) is 17.7. The number of rotatable bonds is 9. The van der Waals surface area contributed by atoms with Crippen molar-refractivity contribution in [3.05, 3.63) is 47.7 Å². The maximum atomic E-state index is 11.9. The molecule has 0 aliphatic carbocycles. The van der Waals surface area contributed by atoms with Crippen molar-refractivity contribution in [2.45, 2.75) is 26.3 Å². The SMILES string of the molecule is CCOCCCNC(=O)/C(C#N)=C\NC(C)c1ccccc1. The van der Waals surface area contributed by atoms with Crippen molar-refractivity contribution in [3.8, 4) is 6.07 Å². The predicted molar refractivity (Wildman–Crippen MR) is 85.8 cm³/mol. The minimum absolute atomic E-state index is 0.0234. The molecule has 0 spiro atoms. The number of carbonyl (C=O) groups excluding carboxylic acids is 1. The minimum atomic E-state index is -0.369. The van der Waals surface area contributed by atoms with Crippen LogP contribution < -0.4 is 10.6 Å². The highest BCUT2D eigenvalue weighted by Gasteiger charge is 2.09. The fourth-order valence-corrected chi connectivity index (χ4v) is 1.81. The predicted octanol–water partition coefficient (Wildman–Crippen LogP) is 2.29. The Morgan fingerprint density at radius 3 is 2.77 bits per heavy atom. The Balaban J connectivity index is 2.45. The van der Waals surface area contributed by atoms with Gasteiger partial charge in [0, 0.05) is 32.0 Å². The zero-order valence-electron chi connectivity index (χ0n) is 13.1. The van der Waals surface area contributed by atoms with E-state index in [0.717, 1.165) is 12.0 Å². The van der Waals surface area contributed by atoms with E-state index < -0.39 is 0 Å². The van der Waals surface area contributed by atoms with Gasteiger partial charge in [0.05, 0.1) is 0 Å². The minimum Gasteiger partial charge on any atom is -0.383 e. The third kappa shape index (κ3) is 6.42. The van der Waals surface area contributed by atoms with Crippen LogP contribution in [0.3, 0.4) is 0 Å². The lowest BCUT2D eigenvalue weighted by atomic mass is 10.1. The van der Waals surface area contributed by atoms with Gasteiger partial charge in [0.1, 0.15) is 11.6 Å². The fraction of sp³-hybridized carbons (Fsp3) is 0.412. The van der Waals surface area contributed by atoms with Gasteiger partial charge in [-0.3, -0.25) is 4.79 Å². The molecule has 1 aromatic rings. The van der Waals surface area contributed by atoms with Gasteiger partial charge in [-0.25, -0.2) is 0 Å². The summed E-state index contributed by atoms with van der Waals surface area (Å²) in [5, 5.41) is 14.9. The molecular formula is C17H23N3O2. The van der Waals surface area contributed by atoms with E-state index in [1.807, 2.05) is 50.2 Å². The van der Waals surface area contributed by atoms with E-state index in [9.17, 15) is 4.79 Å². The van der Waals surface area contributed by atoms with Crippen molar-refractivity contribution in [1.29, 1.82) is 5.26 Å². The summed E-state index contributed by atoms with van der Waals surface area (Å²) in [7, 11) is 0. The van der Waals surface area contributed by atoms with Gasteiger partial charge >= 0.3 is 0 Å². The Kier molecular flexibility index (Phi) is 8.39. The Hall–Kier alpha value is -2.32. The quantitative estimate of drug-likeness (QED) is 0.417. The van der Waals surface area contributed by atoms with Gasteiger partial charge in [-0.1, -0.05) is 30.3 Å². The molecule has 0 saturated carbocycles. The van der Waals surface area contributed by atoms with Crippen molar-refractivity contribution in [2.75, 3.05) is 19.8 Å². The molecule has 1 aromatic carbocycles. The first-order chi connectivity index (χ1) is 10.7. The van der Waals surface area contributed by atoms with E-state index in [-0.39, 0.29) is 17.5 Å². The zero-order valence-corrected chi connectivity index (χ0v) is 13.1. The summed E-state index contributed by atoms with van der Waals surface area (Å²) in [5.41, 5.74) is 1.16. The van der Waals surface area contributed by atoms with Gasteiger partial charge in [-0.05, 0) is 25.8 Å². The fourth-order valence-electron chi connectivity index (χ4n) is 1.81. The molecule has 22 heavy (non-hydrogen) atoms. The molecule has 0 fully saturated rings. The van der Waals surface area contributed by atoms with Crippen molar-refractivity contribution in [1.82, 2.24) is 10.6 Å². The number of benzene rings is 1. The first-order valence-electron chi connectivity index (χ1n) is 7.46. The van der Waals surface area contributed by atoms with Gasteiger partial charge < -0.3 is 15.4 Å². The molecule has 0 aliphatic heterocycles. The lowest BCUT2D eigenvalue weighted by molar-refractivity contribution is -0.117. The van der Waals surface area contributed by atoms with Crippen LogP contribution in [0.25, 0.3) is 0 Å². The molecule has 118 valence electrons. The van der Waals surface area contributed by atoms with Gasteiger partial charge in [-0.15, -0.1) is 0 Å². The highest BCUT2D eigenvalue weighted by Crippen LogP contribution is 2.11. The van der Waals surface area contributed by atoms with E-state index in [4.69, 9.17) is 10.00 Å². The second-order valence-corrected chi connectivity index (χ2v) is 4.78. The molecule has 5 nitrogen and oxygen atoms in total. The van der Waals surface area contributed by atoms with E-state index >= 15 is 0 Å². The molecule has 0 saturated heterocycles. The Bertz CT molecular complexity index is 520. The number of nitrogens with zero attached hydrogens (tertiary/aromatic N) is 1. The highest BCUT2D eigenvalue weighted by atomic mass is 16.5. The standard InChI is InChI=1S/C17H23N3O2/c1-3-22-11-7-10-19-17(21)16(12-18)13-20-14(2)15-8-5-4-6-9-15/h4-6,8-9,13-14,20H,3,7,10-11H2,1-2H3,(H,19,21)/b16-13-. The summed E-state index contributed by atoms with van der Waals surface area (Å²) in [4.78, 5) is 11.9. The van der Waals surface area contributed by atoms with Crippen LogP contribution in [0.1, 0.15) is 31.9 Å². The summed E-state index contributed by atoms with van der Waals surface area (Å²) in [5.74, 6) is -0.369. The van der Waals surface area contributed by atoms with E-state index in [2.05, 4.69) is 10.6 Å². The molecule has 0 radical (unpaired) electrons. The maximum Gasteiger partial charge on any atom is 0.263 e. The Morgan fingerprint density at radius 2 is 2.14 bits per heavy atom. The third-order valence-corrected chi connectivity index (χ3v) is 3.10. The molecule has 2 N–H and O–H groups in total. The van der Waals surface area contributed by atoms with Crippen LogP contribution in [0.4, 0.5) is 0 Å². The molecule has 0 aliphatic rings. The Labute approximate surface area is 132 Å². The van der Waals surface area contributed by atoms with Crippen LogP contribution in [0.2, 0.25) is 0 Å². The van der Waals surface area contributed by atoms with Crippen molar-refractivity contribution in [3.63, 3.8) is 0 Å². The second-order valence-electron chi connectivity index (χ2n) is 4.78. The largest absolute Gasteiger partial charge is 0.383 e. The van der Waals surface area contributed by atoms with Crippen molar-refractivity contribution in [2.24, 2.45) is 0 Å². The topological polar surface area (TPSA) is 74.1 Å². The number of hydrogen-bond donors (Lipinski definition) is 2.